The molecule has 0 aliphatic heterocycles. The Labute approximate surface area is 133 Å². The second-order valence-corrected chi connectivity index (χ2v) is 6.51. The summed E-state index contributed by atoms with van der Waals surface area (Å²) >= 11 is 0. The summed E-state index contributed by atoms with van der Waals surface area (Å²) in [6, 6.07) is 14.6. The van der Waals surface area contributed by atoms with Crippen LogP contribution in [0.1, 0.15) is 18.1 Å². The molecule has 0 saturated heterocycles. The van der Waals surface area contributed by atoms with Gasteiger partial charge in [-0.2, -0.15) is 17.2 Å². The summed E-state index contributed by atoms with van der Waals surface area (Å²) in [6.07, 6.45) is 0. The Kier molecular flexibility index (Phi) is 5.10. The highest BCUT2D eigenvalue weighted by Gasteiger charge is 2.40. The average molecular weight is 339 g/mol. The molecule has 122 valence electrons. The maximum atomic E-state index is 14.8. The van der Waals surface area contributed by atoms with Crippen LogP contribution in [0.2, 0.25) is 0 Å². The van der Waals surface area contributed by atoms with E-state index in [1.54, 1.807) is 24.3 Å². The molecule has 7 heteroatoms. The molecule has 0 aliphatic rings. The molecule has 0 spiro atoms. The summed E-state index contributed by atoms with van der Waals surface area (Å²) in [4.78, 5) is 0. The third-order valence-electron chi connectivity index (χ3n) is 3.08. The Bertz CT molecular complexity index is 775. The number of hydrogen-bond acceptors (Lipinski definition) is 4. The van der Waals surface area contributed by atoms with Gasteiger partial charge in [-0.1, -0.05) is 65.8 Å². The Morgan fingerprint density at radius 2 is 1.57 bits per heavy atom. The first-order valence-electron chi connectivity index (χ1n) is 6.85. The summed E-state index contributed by atoms with van der Waals surface area (Å²) in [6.45, 7) is 1.34. The summed E-state index contributed by atoms with van der Waals surface area (Å²) in [5.41, 5.74) is -0.992. The van der Waals surface area contributed by atoms with Crippen molar-refractivity contribution < 1.29 is 21.5 Å². The maximum Gasteiger partial charge on any atom is 0.328 e. The van der Waals surface area contributed by atoms with Crippen molar-refractivity contribution in [2.75, 3.05) is 5.75 Å². The quantitative estimate of drug-likeness (QED) is 0.597. The average Bonchev–Trinajstić information content (AvgIpc) is 2.56. The van der Waals surface area contributed by atoms with Crippen LogP contribution in [0.3, 0.4) is 0 Å². The van der Waals surface area contributed by atoms with Crippen molar-refractivity contribution >= 4 is 15.8 Å². The minimum atomic E-state index is -3.99. The molecule has 0 amide bonds. The fourth-order valence-corrected chi connectivity index (χ4v) is 2.11. The fraction of sp³-hybridized carbons (Fsp3) is 0.188. The summed E-state index contributed by atoms with van der Waals surface area (Å²) in [5.74, 6) is -3.87. The van der Waals surface area contributed by atoms with Gasteiger partial charge in [0.15, 0.2) is 5.71 Å². The number of hydrogen-bond donors (Lipinski definition) is 0. The van der Waals surface area contributed by atoms with Gasteiger partial charge >= 0.3 is 16.0 Å². The fourth-order valence-electron chi connectivity index (χ4n) is 1.82. The van der Waals surface area contributed by atoms with Gasteiger partial charge in [0, 0.05) is 11.1 Å². The van der Waals surface area contributed by atoms with Gasteiger partial charge in [0.2, 0.25) is 0 Å². The zero-order chi connectivity index (χ0) is 16.9. The third-order valence-corrected chi connectivity index (χ3v) is 4.09. The molecule has 0 saturated carbocycles. The normalized spacial score (nSPS) is 12.9. The summed E-state index contributed by atoms with van der Waals surface area (Å²) in [5, 5.41) is 3.26. The lowest BCUT2D eigenvalue weighted by Crippen LogP contribution is -2.28. The van der Waals surface area contributed by atoms with Gasteiger partial charge in [0.05, 0.1) is 5.75 Å². The van der Waals surface area contributed by atoms with Gasteiger partial charge in [0.25, 0.3) is 0 Å². The van der Waals surface area contributed by atoms with Gasteiger partial charge in [-0.3, -0.25) is 4.28 Å². The molecule has 4 nitrogen and oxygen atoms in total. The molecule has 0 aliphatic carbocycles. The van der Waals surface area contributed by atoms with Crippen molar-refractivity contribution in [1.82, 2.24) is 0 Å². The van der Waals surface area contributed by atoms with E-state index >= 15 is 0 Å². The van der Waals surface area contributed by atoms with Gasteiger partial charge in [0.1, 0.15) is 0 Å². The molecule has 2 rings (SSSR count). The van der Waals surface area contributed by atoms with E-state index in [1.807, 2.05) is 0 Å². The molecule has 0 unspecified atom stereocenters. The second-order valence-electron chi connectivity index (χ2n) is 4.67. The largest absolute Gasteiger partial charge is 0.328 e. The van der Waals surface area contributed by atoms with E-state index < -0.39 is 21.8 Å². The second kappa shape index (κ2) is 6.87. The topological polar surface area (TPSA) is 55.7 Å². The molecule has 0 heterocycles. The van der Waals surface area contributed by atoms with E-state index in [0.29, 0.717) is 0 Å². The van der Waals surface area contributed by atoms with Gasteiger partial charge in [-0.25, -0.2) is 0 Å². The molecule has 23 heavy (non-hydrogen) atoms. The molecule has 0 N–H and O–H groups in total. The standard InChI is InChI=1S/C16H15F2NO3S/c1-2-23(20,21)22-19-15(13-9-5-3-6-10-13)16(17,18)14-11-7-4-8-12-14/h3-12H,2H2,1H3. The van der Waals surface area contributed by atoms with E-state index in [-0.39, 0.29) is 16.9 Å². The summed E-state index contributed by atoms with van der Waals surface area (Å²) < 4.78 is 56.8. The summed E-state index contributed by atoms with van der Waals surface area (Å²) in [7, 11) is -3.99. The SMILES string of the molecule is CCS(=O)(=O)ON=C(c1ccccc1)C(F)(F)c1ccccc1. The van der Waals surface area contributed by atoms with Crippen molar-refractivity contribution in [2.45, 2.75) is 12.8 Å². The molecule has 0 bridgehead atoms. The number of rotatable bonds is 6. The lowest BCUT2D eigenvalue weighted by Gasteiger charge is -2.18. The van der Waals surface area contributed by atoms with Crippen LogP contribution in [0.5, 0.6) is 0 Å². The Hall–Kier alpha value is -2.28. The predicted octanol–water partition coefficient (Wildman–Crippen LogP) is 3.55. The Morgan fingerprint density at radius 1 is 1.04 bits per heavy atom. The molecule has 0 atom stereocenters. The van der Waals surface area contributed by atoms with Crippen molar-refractivity contribution in [3.8, 4) is 0 Å². The number of oxime groups is 1. The van der Waals surface area contributed by atoms with Crippen LogP contribution in [0, 0.1) is 0 Å². The van der Waals surface area contributed by atoms with Crippen molar-refractivity contribution in [2.24, 2.45) is 5.16 Å². The van der Waals surface area contributed by atoms with Crippen LogP contribution < -0.4 is 0 Å². The molecule has 2 aromatic carbocycles. The van der Waals surface area contributed by atoms with E-state index in [9.17, 15) is 17.2 Å². The van der Waals surface area contributed by atoms with Crippen LogP contribution >= 0.6 is 0 Å². The molecule has 2 aromatic rings. The lowest BCUT2D eigenvalue weighted by atomic mass is 9.98. The molecule has 0 fully saturated rings. The van der Waals surface area contributed by atoms with Gasteiger partial charge in [-0.15, -0.1) is 0 Å². The Balaban J connectivity index is 2.52. The maximum absolute atomic E-state index is 14.8. The first-order chi connectivity index (χ1) is 10.9. The number of alkyl halides is 2. The minimum absolute atomic E-state index is 0.0765. The zero-order valence-corrected chi connectivity index (χ0v) is 13.1. The van der Waals surface area contributed by atoms with Gasteiger partial charge < -0.3 is 0 Å². The van der Waals surface area contributed by atoms with Crippen molar-refractivity contribution in [3.05, 3.63) is 71.8 Å². The minimum Gasteiger partial charge on any atom is -0.268 e. The number of benzene rings is 2. The van der Waals surface area contributed by atoms with E-state index in [4.69, 9.17) is 0 Å². The smallest absolute Gasteiger partial charge is 0.268 e. The van der Waals surface area contributed by atoms with Crippen LogP contribution in [0.15, 0.2) is 65.8 Å². The number of nitrogens with zero attached hydrogens (tertiary/aromatic N) is 1. The van der Waals surface area contributed by atoms with E-state index in [2.05, 4.69) is 9.44 Å². The highest BCUT2D eigenvalue weighted by atomic mass is 32.2. The Morgan fingerprint density at radius 3 is 2.09 bits per heavy atom. The first kappa shape index (κ1) is 17.1. The zero-order valence-electron chi connectivity index (χ0n) is 12.3. The first-order valence-corrected chi connectivity index (χ1v) is 8.43. The highest BCUT2D eigenvalue weighted by Crippen LogP contribution is 2.32. The molecule has 0 radical (unpaired) electrons. The van der Waals surface area contributed by atoms with Gasteiger partial charge in [-0.05, 0) is 6.92 Å². The van der Waals surface area contributed by atoms with E-state index in [1.165, 1.54) is 43.3 Å². The monoisotopic (exact) mass is 339 g/mol. The highest BCUT2D eigenvalue weighted by molar-refractivity contribution is 7.86. The number of halogens is 2. The van der Waals surface area contributed by atoms with Crippen LogP contribution in [0.25, 0.3) is 0 Å². The molecular formula is C16H15F2NO3S. The molecule has 0 aromatic heterocycles. The third kappa shape index (κ3) is 4.13. The lowest BCUT2D eigenvalue weighted by molar-refractivity contribution is 0.0734. The predicted molar refractivity (Wildman–Crippen MR) is 83.9 cm³/mol. The van der Waals surface area contributed by atoms with Crippen LogP contribution in [-0.4, -0.2) is 19.9 Å². The van der Waals surface area contributed by atoms with E-state index in [0.717, 1.165) is 0 Å². The molecular weight excluding hydrogens is 324 g/mol. The van der Waals surface area contributed by atoms with Crippen LogP contribution in [-0.2, 0) is 20.3 Å². The van der Waals surface area contributed by atoms with Crippen LogP contribution in [0.4, 0.5) is 8.78 Å². The van der Waals surface area contributed by atoms with Crippen molar-refractivity contribution in [3.63, 3.8) is 0 Å². The van der Waals surface area contributed by atoms with Crippen molar-refractivity contribution in [1.29, 1.82) is 0 Å².